The average Bonchev–Trinajstić information content (AvgIpc) is 2.68. The summed E-state index contributed by atoms with van der Waals surface area (Å²) in [4.78, 5) is 0. The number of benzene rings is 2. The number of rotatable bonds is 10. The number of anilines is 2. The van der Waals surface area contributed by atoms with E-state index in [0.717, 1.165) is 35.9 Å². The van der Waals surface area contributed by atoms with Crippen molar-refractivity contribution >= 4 is 28.8 Å². The van der Waals surface area contributed by atoms with Crippen molar-refractivity contribution in [1.29, 1.82) is 0 Å². The molecule has 0 amide bonds. The fraction of sp³-hybridized carbons (Fsp3) is 0.333. The highest BCUT2D eigenvalue weighted by Crippen LogP contribution is 2.21. The molecule has 146 valence electrons. The van der Waals surface area contributed by atoms with Gasteiger partial charge in [0.15, 0.2) is 0 Å². The molecule has 0 saturated heterocycles. The van der Waals surface area contributed by atoms with Crippen LogP contribution in [0, 0.1) is 11.6 Å². The maximum atomic E-state index is 13.6. The first-order valence-corrected chi connectivity index (χ1v) is 10.2. The van der Waals surface area contributed by atoms with Crippen molar-refractivity contribution in [1.82, 2.24) is 5.32 Å². The first-order valence-electron chi connectivity index (χ1n) is 9.12. The van der Waals surface area contributed by atoms with Crippen molar-refractivity contribution < 1.29 is 8.78 Å². The fourth-order valence-corrected chi connectivity index (χ4v) is 3.37. The van der Waals surface area contributed by atoms with E-state index in [4.69, 9.17) is 0 Å². The van der Waals surface area contributed by atoms with Gasteiger partial charge < -0.3 is 16.0 Å². The summed E-state index contributed by atoms with van der Waals surface area (Å²) < 4.78 is 26.5. The highest BCUT2D eigenvalue weighted by molar-refractivity contribution is 8.02. The predicted molar refractivity (Wildman–Crippen MR) is 114 cm³/mol. The molecular formula is C21H27F2N3S. The molecule has 3 nitrogen and oxygen atoms in total. The van der Waals surface area contributed by atoms with Crippen molar-refractivity contribution in [3.8, 4) is 0 Å². The normalized spacial score (nSPS) is 11.6. The molecule has 0 aliphatic heterocycles. The van der Waals surface area contributed by atoms with Crippen molar-refractivity contribution in [3.05, 3.63) is 65.1 Å². The summed E-state index contributed by atoms with van der Waals surface area (Å²) in [6.45, 7) is 4.36. The summed E-state index contributed by atoms with van der Waals surface area (Å²) in [7, 11) is 1.87. The number of thioether (sulfide) groups is 1. The van der Waals surface area contributed by atoms with Gasteiger partial charge in [-0.05, 0) is 48.1 Å². The fourth-order valence-electron chi connectivity index (χ4n) is 2.62. The van der Waals surface area contributed by atoms with Crippen LogP contribution in [0.2, 0.25) is 0 Å². The molecule has 2 rings (SSSR count). The van der Waals surface area contributed by atoms with Crippen LogP contribution in [0.5, 0.6) is 0 Å². The van der Waals surface area contributed by atoms with Gasteiger partial charge in [0, 0.05) is 30.5 Å². The Morgan fingerprint density at radius 3 is 2.37 bits per heavy atom. The minimum absolute atomic E-state index is 0.292. The molecule has 0 atom stereocenters. The van der Waals surface area contributed by atoms with Crippen LogP contribution >= 0.6 is 11.8 Å². The number of hydrogen-bond acceptors (Lipinski definition) is 4. The van der Waals surface area contributed by atoms with Crippen LogP contribution in [0.1, 0.15) is 32.3 Å². The molecule has 27 heavy (non-hydrogen) atoms. The van der Waals surface area contributed by atoms with E-state index in [1.165, 1.54) is 23.9 Å². The van der Waals surface area contributed by atoms with E-state index in [9.17, 15) is 8.78 Å². The second kappa shape index (κ2) is 10.8. The highest BCUT2D eigenvalue weighted by atomic mass is 32.2. The molecule has 0 heterocycles. The van der Waals surface area contributed by atoms with Crippen LogP contribution in [0.3, 0.4) is 0 Å². The average molecular weight is 392 g/mol. The molecule has 0 spiro atoms. The zero-order valence-electron chi connectivity index (χ0n) is 16.0. The monoisotopic (exact) mass is 391 g/mol. The van der Waals surface area contributed by atoms with Gasteiger partial charge in [-0.3, -0.25) is 0 Å². The quantitative estimate of drug-likeness (QED) is 0.349. The molecular weight excluding hydrogens is 364 g/mol. The van der Waals surface area contributed by atoms with Crippen molar-refractivity contribution in [2.75, 3.05) is 23.6 Å². The van der Waals surface area contributed by atoms with E-state index in [1.54, 1.807) is 0 Å². The maximum Gasteiger partial charge on any atom is 0.149 e. The predicted octanol–water partition coefficient (Wildman–Crippen LogP) is 5.89. The Labute approximate surface area is 164 Å². The van der Waals surface area contributed by atoms with Crippen LogP contribution in [0.4, 0.5) is 20.2 Å². The Hall–Kier alpha value is -2.21. The van der Waals surface area contributed by atoms with Crippen LogP contribution in [0.25, 0.3) is 5.70 Å². The molecule has 0 aromatic heterocycles. The van der Waals surface area contributed by atoms with Crippen LogP contribution in [0.15, 0.2) is 47.9 Å². The largest absolute Gasteiger partial charge is 0.387 e. The zero-order chi connectivity index (χ0) is 19.6. The first kappa shape index (κ1) is 21.1. The summed E-state index contributed by atoms with van der Waals surface area (Å²) in [6.07, 6.45) is 2.19. The van der Waals surface area contributed by atoms with Crippen molar-refractivity contribution in [3.63, 3.8) is 0 Å². The van der Waals surface area contributed by atoms with Crippen LogP contribution in [-0.4, -0.2) is 19.0 Å². The SMILES string of the molecule is CCC(CC)Nc1ccc(/C(=C/SCNc2ccc(F)cc2F)NC)cc1. The lowest BCUT2D eigenvalue weighted by molar-refractivity contribution is 0.585. The summed E-state index contributed by atoms with van der Waals surface area (Å²) >= 11 is 1.50. The third-order valence-electron chi connectivity index (χ3n) is 4.30. The summed E-state index contributed by atoms with van der Waals surface area (Å²) in [6, 6.07) is 12.3. The van der Waals surface area contributed by atoms with Gasteiger partial charge in [0.05, 0.1) is 11.6 Å². The molecule has 0 aliphatic carbocycles. The van der Waals surface area contributed by atoms with Gasteiger partial charge in [0.25, 0.3) is 0 Å². The molecule has 0 saturated carbocycles. The van der Waals surface area contributed by atoms with E-state index in [-0.39, 0.29) is 0 Å². The molecule has 0 aliphatic rings. The lowest BCUT2D eigenvalue weighted by Crippen LogP contribution is -2.16. The van der Waals surface area contributed by atoms with Gasteiger partial charge in [-0.2, -0.15) is 0 Å². The van der Waals surface area contributed by atoms with E-state index in [1.807, 2.05) is 12.5 Å². The highest BCUT2D eigenvalue weighted by Gasteiger charge is 2.05. The van der Waals surface area contributed by atoms with Gasteiger partial charge in [-0.1, -0.05) is 26.0 Å². The molecule has 2 aromatic carbocycles. The molecule has 3 N–H and O–H groups in total. The molecule has 0 bridgehead atoms. The van der Waals surface area contributed by atoms with Crippen LogP contribution in [-0.2, 0) is 0 Å². The lowest BCUT2D eigenvalue weighted by atomic mass is 10.1. The Kier molecular flexibility index (Phi) is 8.45. The molecule has 0 radical (unpaired) electrons. The minimum Gasteiger partial charge on any atom is -0.387 e. The Bertz CT molecular complexity index is 744. The maximum absolute atomic E-state index is 13.6. The second-order valence-electron chi connectivity index (χ2n) is 6.13. The third-order valence-corrected chi connectivity index (χ3v) is 5.01. The lowest BCUT2D eigenvalue weighted by Gasteiger charge is -2.16. The minimum atomic E-state index is -0.589. The van der Waals surface area contributed by atoms with Gasteiger partial charge in [0.1, 0.15) is 11.6 Å². The number of hydrogen-bond donors (Lipinski definition) is 3. The van der Waals surface area contributed by atoms with Gasteiger partial charge in [-0.15, -0.1) is 11.8 Å². The van der Waals surface area contributed by atoms with Gasteiger partial charge >= 0.3 is 0 Å². The molecule has 0 unspecified atom stereocenters. The van der Waals surface area contributed by atoms with E-state index in [0.29, 0.717) is 17.6 Å². The molecule has 0 fully saturated rings. The molecule has 6 heteroatoms. The van der Waals surface area contributed by atoms with Crippen molar-refractivity contribution in [2.45, 2.75) is 32.7 Å². The summed E-state index contributed by atoms with van der Waals surface area (Å²) in [5.74, 6) is -0.693. The summed E-state index contributed by atoms with van der Waals surface area (Å²) in [5, 5.41) is 11.6. The number of halogens is 2. The molecule has 2 aromatic rings. The zero-order valence-corrected chi connectivity index (χ0v) is 16.8. The van der Waals surface area contributed by atoms with Crippen LogP contribution < -0.4 is 16.0 Å². The standard InChI is InChI=1S/C21H27F2N3S/c1-4-17(5-2)26-18-9-6-15(7-10-18)21(24-3)13-27-14-25-20-11-8-16(22)12-19(20)23/h6-13,17,24-26H,4-5,14H2,1-3H3/b21-13-. The third kappa shape index (κ3) is 6.47. The van der Waals surface area contributed by atoms with E-state index < -0.39 is 11.6 Å². The first-order chi connectivity index (χ1) is 13.1. The van der Waals surface area contributed by atoms with Gasteiger partial charge in [-0.25, -0.2) is 8.78 Å². The summed E-state index contributed by atoms with van der Waals surface area (Å²) in [5.41, 5.74) is 3.47. The van der Waals surface area contributed by atoms with E-state index >= 15 is 0 Å². The smallest absolute Gasteiger partial charge is 0.149 e. The van der Waals surface area contributed by atoms with Crippen molar-refractivity contribution in [2.24, 2.45) is 0 Å². The van der Waals surface area contributed by atoms with Gasteiger partial charge in [0.2, 0.25) is 0 Å². The topological polar surface area (TPSA) is 36.1 Å². The van der Waals surface area contributed by atoms with E-state index in [2.05, 4.69) is 54.1 Å². The Morgan fingerprint density at radius 1 is 1.07 bits per heavy atom. The Balaban J connectivity index is 1.93. The number of nitrogens with one attached hydrogen (secondary N) is 3. The second-order valence-corrected chi connectivity index (χ2v) is 6.99. The Morgan fingerprint density at radius 2 is 1.78 bits per heavy atom.